The Balaban J connectivity index is 1.52. The van der Waals surface area contributed by atoms with Crippen molar-refractivity contribution in [3.63, 3.8) is 0 Å². The van der Waals surface area contributed by atoms with Gasteiger partial charge in [0.1, 0.15) is 0 Å². The summed E-state index contributed by atoms with van der Waals surface area (Å²) in [6, 6.07) is -0.517. The number of hydrogen-bond acceptors (Lipinski definition) is 6. The number of urea groups is 1. The minimum atomic E-state index is -0.482. The molecule has 2 fully saturated rings. The third kappa shape index (κ3) is 5.40. The molecule has 4 aliphatic rings. The summed E-state index contributed by atoms with van der Waals surface area (Å²) in [6.45, 7) is 13.2. The summed E-state index contributed by atoms with van der Waals surface area (Å²) in [5.41, 5.74) is 1.69. The Hall–Kier alpha value is -2.64. The van der Waals surface area contributed by atoms with Crippen LogP contribution >= 0.6 is 0 Å². The van der Waals surface area contributed by atoms with Gasteiger partial charge in [0.15, 0.2) is 0 Å². The fraction of sp³-hybridized carbons (Fsp3) is 0.742. The number of esters is 2. The van der Waals surface area contributed by atoms with Crippen LogP contribution < -0.4 is 5.32 Å². The van der Waals surface area contributed by atoms with Gasteiger partial charge in [0.2, 0.25) is 12.7 Å². The lowest BCUT2D eigenvalue weighted by Crippen LogP contribution is -2.55. The highest BCUT2D eigenvalue weighted by Gasteiger charge is 2.60. The first kappa shape index (κ1) is 29.3. The number of hydrogen-bond donors (Lipinski definition) is 1. The number of amides is 3. The second-order valence-electron chi connectivity index (χ2n) is 13.1. The highest BCUT2D eigenvalue weighted by atomic mass is 16.7. The van der Waals surface area contributed by atoms with E-state index in [1.54, 1.807) is 0 Å². The molecule has 0 heterocycles. The van der Waals surface area contributed by atoms with E-state index in [1.165, 1.54) is 17.4 Å². The standard InChI is InChI=1S/C31H46N2O6/c1-18(2)32-29(37)33(19(3)4)27(35)26-11-10-24-23-9-8-22-16-21(28(36)39-17-38-20(5)34)12-14-30(22,6)25(23)13-15-31(24,26)7/h8,16,18-19,23-26H,9-15,17H2,1-7H3,(H,32,37)/t23-,24-,25-,26+,30-,31-/m0/s1. The van der Waals surface area contributed by atoms with Gasteiger partial charge < -0.3 is 14.8 Å². The van der Waals surface area contributed by atoms with E-state index in [0.29, 0.717) is 29.7 Å². The summed E-state index contributed by atoms with van der Waals surface area (Å²) in [7, 11) is 0. The molecule has 0 unspecified atom stereocenters. The molecule has 0 saturated heterocycles. The number of nitrogens with one attached hydrogen (secondary N) is 1. The SMILES string of the molecule is CC(=O)OCOC(=O)C1=CC2=CC[C@H]3[C@@H]4CC[C@H](C(=O)N(C(=O)NC(C)C)C(C)C)[C@@]4(C)CC[C@@H]3[C@@]2(C)CC1. The van der Waals surface area contributed by atoms with Crippen molar-refractivity contribution in [2.45, 2.75) is 105 Å². The molecule has 0 spiro atoms. The van der Waals surface area contributed by atoms with Gasteiger partial charge in [-0.3, -0.25) is 14.5 Å². The fourth-order valence-electron chi connectivity index (χ4n) is 8.22. The average Bonchev–Trinajstić information content (AvgIpc) is 3.19. The third-order valence-corrected chi connectivity index (χ3v) is 10.2. The van der Waals surface area contributed by atoms with Crippen LogP contribution in [0.2, 0.25) is 0 Å². The largest absolute Gasteiger partial charge is 0.428 e. The first-order valence-electron chi connectivity index (χ1n) is 14.6. The number of rotatable bonds is 6. The van der Waals surface area contributed by atoms with Crippen LogP contribution in [0.3, 0.4) is 0 Å². The Kier molecular flexibility index (Phi) is 8.34. The average molecular weight is 543 g/mol. The van der Waals surface area contributed by atoms with Gasteiger partial charge in [-0.25, -0.2) is 9.59 Å². The van der Waals surface area contributed by atoms with Crippen molar-refractivity contribution >= 4 is 23.9 Å². The van der Waals surface area contributed by atoms with E-state index in [0.717, 1.165) is 38.5 Å². The van der Waals surface area contributed by atoms with Crippen LogP contribution in [0.15, 0.2) is 23.3 Å². The molecule has 39 heavy (non-hydrogen) atoms. The van der Waals surface area contributed by atoms with Crippen LogP contribution in [0.1, 0.15) is 93.4 Å². The Morgan fingerprint density at radius 2 is 1.74 bits per heavy atom. The van der Waals surface area contributed by atoms with Gasteiger partial charge in [-0.05, 0) is 113 Å². The molecule has 8 nitrogen and oxygen atoms in total. The van der Waals surface area contributed by atoms with Gasteiger partial charge in [0, 0.05) is 30.5 Å². The summed E-state index contributed by atoms with van der Waals surface area (Å²) in [5, 5.41) is 2.92. The van der Waals surface area contributed by atoms with E-state index in [9.17, 15) is 19.2 Å². The van der Waals surface area contributed by atoms with Crippen LogP contribution in [-0.4, -0.2) is 47.7 Å². The van der Waals surface area contributed by atoms with Crippen molar-refractivity contribution in [3.05, 3.63) is 23.3 Å². The lowest BCUT2D eigenvalue weighted by Gasteiger charge is -2.57. The number of imide groups is 1. The minimum Gasteiger partial charge on any atom is -0.428 e. The lowest BCUT2D eigenvalue weighted by atomic mass is 9.48. The van der Waals surface area contributed by atoms with Crippen LogP contribution in [0.25, 0.3) is 0 Å². The number of fused-ring (bicyclic) bond motifs is 5. The first-order valence-corrected chi connectivity index (χ1v) is 14.6. The maximum absolute atomic E-state index is 13.9. The number of allylic oxidation sites excluding steroid dienone is 3. The van der Waals surface area contributed by atoms with Gasteiger partial charge in [-0.2, -0.15) is 0 Å². The molecule has 0 aromatic carbocycles. The van der Waals surface area contributed by atoms with E-state index in [1.807, 2.05) is 33.8 Å². The van der Waals surface area contributed by atoms with Crippen LogP contribution in [0.5, 0.6) is 0 Å². The summed E-state index contributed by atoms with van der Waals surface area (Å²) >= 11 is 0. The van der Waals surface area contributed by atoms with Crippen molar-refractivity contribution in [1.29, 1.82) is 0 Å². The van der Waals surface area contributed by atoms with Gasteiger partial charge in [-0.15, -0.1) is 0 Å². The molecule has 0 bridgehead atoms. The van der Waals surface area contributed by atoms with Gasteiger partial charge in [0.05, 0.1) is 0 Å². The summed E-state index contributed by atoms with van der Waals surface area (Å²) < 4.78 is 9.91. The lowest BCUT2D eigenvalue weighted by molar-refractivity contribution is -0.163. The zero-order valence-corrected chi connectivity index (χ0v) is 24.7. The topological polar surface area (TPSA) is 102 Å². The zero-order valence-electron chi connectivity index (χ0n) is 24.7. The molecule has 0 radical (unpaired) electrons. The highest BCUT2D eigenvalue weighted by molar-refractivity contribution is 5.96. The second kappa shape index (κ2) is 11.1. The third-order valence-electron chi connectivity index (χ3n) is 10.2. The smallest absolute Gasteiger partial charge is 0.336 e. The van der Waals surface area contributed by atoms with Gasteiger partial charge in [-0.1, -0.05) is 19.9 Å². The molecule has 0 aromatic rings. The highest BCUT2D eigenvalue weighted by Crippen LogP contribution is 2.66. The number of nitrogens with zero attached hydrogens (tertiary/aromatic N) is 1. The Bertz CT molecular complexity index is 1080. The molecule has 3 amide bonds. The zero-order chi connectivity index (χ0) is 28.7. The van der Waals surface area contributed by atoms with E-state index in [-0.39, 0.29) is 47.6 Å². The number of carbonyl (C=O) groups is 4. The van der Waals surface area contributed by atoms with E-state index < -0.39 is 11.9 Å². The summed E-state index contributed by atoms with van der Waals surface area (Å²) in [5.74, 6) is 0.328. The van der Waals surface area contributed by atoms with Crippen molar-refractivity contribution in [2.75, 3.05) is 6.79 Å². The normalized spacial score (nSPS) is 33.3. The predicted octanol–water partition coefficient (Wildman–Crippen LogP) is 5.52. The monoisotopic (exact) mass is 542 g/mol. The van der Waals surface area contributed by atoms with Gasteiger partial charge >= 0.3 is 18.0 Å². The van der Waals surface area contributed by atoms with Crippen molar-refractivity contribution < 1.29 is 28.7 Å². The quantitative estimate of drug-likeness (QED) is 0.350. The molecule has 216 valence electrons. The molecular formula is C31H46N2O6. The molecule has 4 aliphatic carbocycles. The van der Waals surface area contributed by atoms with Gasteiger partial charge in [0.25, 0.3) is 0 Å². The van der Waals surface area contributed by atoms with E-state index in [4.69, 9.17) is 9.47 Å². The Morgan fingerprint density at radius 3 is 2.38 bits per heavy atom. The van der Waals surface area contributed by atoms with Crippen LogP contribution in [-0.2, 0) is 23.9 Å². The summed E-state index contributed by atoms with van der Waals surface area (Å²) in [4.78, 5) is 51.9. The van der Waals surface area contributed by atoms with E-state index >= 15 is 0 Å². The molecular weight excluding hydrogens is 496 g/mol. The summed E-state index contributed by atoms with van der Waals surface area (Å²) in [6.07, 6.45) is 10.6. The number of carbonyl (C=O) groups excluding carboxylic acids is 4. The Morgan fingerprint density at radius 1 is 1.03 bits per heavy atom. The molecule has 8 heteroatoms. The minimum absolute atomic E-state index is 0.0207. The molecule has 6 atom stereocenters. The van der Waals surface area contributed by atoms with Crippen molar-refractivity contribution in [3.8, 4) is 0 Å². The molecule has 1 N–H and O–H groups in total. The fourth-order valence-corrected chi connectivity index (χ4v) is 8.22. The molecule has 0 aliphatic heterocycles. The molecule has 4 rings (SSSR count). The second-order valence-corrected chi connectivity index (χ2v) is 13.1. The first-order chi connectivity index (χ1) is 18.3. The van der Waals surface area contributed by atoms with Crippen molar-refractivity contribution in [2.24, 2.45) is 34.5 Å². The molecule has 2 saturated carbocycles. The number of ether oxygens (including phenoxy) is 2. The Labute approximate surface area is 232 Å². The van der Waals surface area contributed by atoms with Crippen LogP contribution in [0, 0.1) is 34.5 Å². The van der Waals surface area contributed by atoms with Crippen molar-refractivity contribution in [1.82, 2.24) is 10.2 Å². The maximum atomic E-state index is 13.9. The maximum Gasteiger partial charge on any atom is 0.336 e. The molecule has 0 aromatic heterocycles. The van der Waals surface area contributed by atoms with Crippen LogP contribution in [0.4, 0.5) is 4.79 Å². The van der Waals surface area contributed by atoms with E-state index in [2.05, 4.69) is 25.2 Å². The predicted molar refractivity (Wildman–Crippen MR) is 147 cm³/mol.